The van der Waals surface area contributed by atoms with E-state index in [1.165, 1.54) is 15.6 Å². The molecule has 1 atom stereocenters. The number of nitrogens with one attached hydrogen (secondary N) is 1. The summed E-state index contributed by atoms with van der Waals surface area (Å²) in [4.78, 5) is 0. The summed E-state index contributed by atoms with van der Waals surface area (Å²) in [5.74, 6) is 0. The van der Waals surface area contributed by atoms with Gasteiger partial charge < -0.3 is 10.1 Å². The molecule has 15 heavy (non-hydrogen) atoms. The zero-order valence-electron chi connectivity index (χ0n) is 8.92. The van der Waals surface area contributed by atoms with Crippen LogP contribution in [0.25, 0.3) is 0 Å². The average Bonchev–Trinajstić information content (AvgIpc) is 2.73. The maximum atomic E-state index is 5.32. The predicted molar refractivity (Wildman–Crippen MR) is 64.9 cm³/mol. The summed E-state index contributed by atoms with van der Waals surface area (Å²) < 4.78 is 6.49. The average molecular weight is 270 g/mol. The first kappa shape index (κ1) is 11.1. The van der Waals surface area contributed by atoms with Gasteiger partial charge in [0.1, 0.15) is 0 Å². The van der Waals surface area contributed by atoms with Crippen LogP contribution in [0.3, 0.4) is 0 Å². The third-order valence-corrected chi connectivity index (χ3v) is 3.64. The van der Waals surface area contributed by atoms with E-state index >= 15 is 0 Å². The molecule has 0 spiro atoms. The van der Waals surface area contributed by atoms with Gasteiger partial charge in [-0.05, 0) is 30.5 Å². The predicted octanol–water partition coefficient (Wildman–Crippen LogP) is 2.64. The van der Waals surface area contributed by atoms with Crippen LogP contribution >= 0.6 is 15.9 Å². The first-order valence-corrected chi connectivity index (χ1v) is 6.11. The van der Waals surface area contributed by atoms with E-state index in [9.17, 15) is 0 Å². The summed E-state index contributed by atoms with van der Waals surface area (Å²) in [6.45, 7) is 4.81. The molecule has 1 aromatic rings. The summed E-state index contributed by atoms with van der Waals surface area (Å²) in [6, 6.07) is 7.01. The number of aryl methyl sites for hydroxylation is 1. The van der Waals surface area contributed by atoms with Gasteiger partial charge in [0.05, 0.1) is 6.61 Å². The highest BCUT2D eigenvalue weighted by Gasteiger charge is 2.14. The molecule has 2 nitrogen and oxygen atoms in total. The topological polar surface area (TPSA) is 21.3 Å². The maximum Gasteiger partial charge on any atom is 0.0620 e. The Hall–Kier alpha value is -0.380. The molecule has 0 bridgehead atoms. The second-order valence-corrected chi connectivity index (χ2v) is 4.88. The Morgan fingerprint density at radius 2 is 2.40 bits per heavy atom. The summed E-state index contributed by atoms with van der Waals surface area (Å²) in [5.41, 5.74) is 2.62. The van der Waals surface area contributed by atoms with E-state index in [-0.39, 0.29) is 0 Å². The Labute approximate surface area is 99.1 Å². The minimum atomic E-state index is 0.536. The highest BCUT2D eigenvalue weighted by molar-refractivity contribution is 9.10. The second-order valence-electron chi connectivity index (χ2n) is 4.02. The van der Waals surface area contributed by atoms with E-state index in [0.29, 0.717) is 6.04 Å². The van der Waals surface area contributed by atoms with Crippen LogP contribution in [0.4, 0.5) is 0 Å². The molecule has 1 aliphatic heterocycles. The molecule has 0 aromatic heterocycles. The summed E-state index contributed by atoms with van der Waals surface area (Å²) >= 11 is 3.51. The van der Waals surface area contributed by atoms with Crippen molar-refractivity contribution in [2.45, 2.75) is 25.9 Å². The Bertz CT molecular complexity index is 334. The van der Waals surface area contributed by atoms with Gasteiger partial charge in [-0.15, -0.1) is 0 Å². The highest BCUT2D eigenvalue weighted by atomic mass is 79.9. The van der Waals surface area contributed by atoms with Gasteiger partial charge in [-0.3, -0.25) is 0 Å². The highest BCUT2D eigenvalue weighted by Crippen LogP contribution is 2.17. The van der Waals surface area contributed by atoms with Gasteiger partial charge in [-0.25, -0.2) is 0 Å². The third-order valence-electron chi connectivity index (χ3n) is 2.75. The number of halogens is 1. The van der Waals surface area contributed by atoms with Crippen LogP contribution in [-0.4, -0.2) is 19.3 Å². The number of benzene rings is 1. The van der Waals surface area contributed by atoms with Crippen molar-refractivity contribution in [3.05, 3.63) is 33.8 Å². The van der Waals surface area contributed by atoms with Gasteiger partial charge in [-0.2, -0.15) is 0 Å². The minimum absolute atomic E-state index is 0.536. The van der Waals surface area contributed by atoms with Crippen molar-refractivity contribution in [3.8, 4) is 0 Å². The first-order valence-electron chi connectivity index (χ1n) is 5.32. The number of ether oxygens (including phenoxy) is 1. The molecule has 1 N–H and O–H groups in total. The summed E-state index contributed by atoms with van der Waals surface area (Å²) in [5, 5.41) is 3.50. The van der Waals surface area contributed by atoms with E-state index in [0.717, 1.165) is 26.2 Å². The Kier molecular flexibility index (Phi) is 3.78. The molecule has 0 saturated carbocycles. The van der Waals surface area contributed by atoms with Crippen LogP contribution in [0.2, 0.25) is 0 Å². The molecule has 0 radical (unpaired) electrons. The fraction of sp³-hybridized carbons (Fsp3) is 0.500. The van der Waals surface area contributed by atoms with Crippen molar-refractivity contribution in [2.75, 3.05) is 13.2 Å². The molecular weight excluding hydrogens is 254 g/mol. The van der Waals surface area contributed by atoms with Crippen molar-refractivity contribution in [2.24, 2.45) is 0 Å². The van der Waals surface area contributed by atoms with Gasteiger partial charge in [0.15, 0.2) is 0 Å². The molecule has 1 fully saturated rings. The van der Waals surface area contributed by atoms with Gasteiger partial charge in [0.25, 0.3) is 0 Å². The van der Waals surface area contributed by atoms with E-state index in [4.69, 9.17) is 4.74 Å². The molecule has 3 heteroatoms. The fourth-order valence-corrected chi connectivity index (χ4v) is 2.02. The zero-order chi connectivity index (χ0) is 10.7. The molecule has 1 aliphatic rings. The molecule has 1 saturated heterocycles. The van der Waals surface area contributed by atoms with Gasteiger partial charge in [0, 0.05) is 23.7 Å². The van der Waals surface area contributed by atoms with Crippen LogP contribution in [0.15, 0.2) is 22.7 Å². The van der Waals surface area contributed by atoms with E-state index in [1.54, 1.807) is 0 Å². The van der Waals surface area contributed by atoms with Crippen LogP contribution in [0.1, 0.15) is 17.5 Å². The lowest BCUT2D eigenvalue weighted by molar-refractivity contribution is 0.190. The van der Waals surface area contributed by atoms with Crippen molar-refractivity contribution in [1.82, 2.24) is 5.32 Å². The van der Waals surface area contributed by atoms with Crippen LogP contribution < -0.4 is 5.32 Å². The van der Waals surface area contributed by atoms with Crippen molar-refractivity contribution < 1.29 is 4.74 Å². The molecule has 82 valence electrons. The SMILES string of the molecule is Cc1cc(CNC2CCOC2)ccc1Br. The van der Waals surface area contributed by atoms with Crippen LogP contribution in [0.5, 0.6) is 0 Å². The molecule has 0 amide bonds. The molecule has 2 rings (SSSR count). The van der Waals surface area contributed by atoms with E-state index in [2.05, 4.69) is 46.4 Å². The third kappa shape index (κ3) is 3.03. The van der Waals surface area contributed by atoms with Crippen molar-refractivity contribution in [1.29, 1.82) is 0 Å². The van der Waals surface area contributed by atoms with Crippen LogP contribution in [-0.2, 0) is 11.3 Å². The van der Waals surface area contributed by atoms with Crippen molar-refractivity contribution >= 4 is 15.9 Å². The van der Waals surface area contributed by atoms with E-state index < -0.39 is 0 Å². The second kappa shape index (κ2) is 5.10. The van der Waals surface area contributed by atoms with Gasteiger partial charge in [-0.1, -0.05) is 28.1 Å². The van der Waals surface area contributed by atoms with E-state index in [1.807, 2.05) is 0 Å². The summed E-state index contributed by atoms with van der Waals surface area (Å²) in [6.07, 6.45) is 1.13. The monoisotopic (exact) mass is 269 g/mol. The number of hydrogen-bond donors (Lipinski definition) is 1. The zero-order valence-corrected chi connectivity index (χ0v) is 10.5. The Balaban J connectivity index is 1.90. The van der Waals surface area contributed by atoms with Crippen molar-refractivity contribution in [3.63, 3.8) is 0 Å². The molecule has 0 aliphatic carbocycles. The molecule has 1 unspecified atom stereocenters. The Morgan fingerprint density at radius 1 is 1.53 bits per heavy atom. The molecule has 1 heterocycles. The standard InChI is InChI=1S/C12H16BrNO/c1-9-6-10(2-3-12(9)13)7-14-11-4-5-15-8-11/h2-3,6,11,14H,4-5,7-8H2,1H3. The fourth-order valence-electron chi connectivity index (χ4n) is 1.77. The van der Waals surface area contributed by atoms with Gasteiger partial charge in [0.2, 0.25) is 0 Å². The largest absolute Gasteiger partial charge is 0.380 e. The smallest absolute Gasteiger partial charge is 0.0620 e. The maximum absolute atomic E-state index is 5.32. The lowest BCUT2D eigenvalue weighted by Crippen LogP contribution is -2.28. The first-order chi connectivity index (χ1) is 7.25. The molecule has 1 aromatic carbocycles. The van der Waals surface area contributed by atoms with Gasteiger partial charge >= 0.3 is 0 Å². The lowest BCUT2D eigenvalue weighted by Gasteiger charge is -2.11. The summed E-state index contributed by atoms with van der Waals surface area (Å²) in [7, 11) is 0. The number of rotatable bonds is 3. The lowest BCUT2D eigenvalue weighted by atomic mass is 10.1. The minimum Gasteiger partial charge on any atom is -0.380 e. The number of hydrogen-bond acceptors (Lipinski definition) is 2. The quantitative estimate of drug-likeness (QED) is 0.911. The van der Waals surface area contributed by atoms with Crippen LogP contribution in [0, 0.1) is 6.92 Å². The Morgan fingerprint density at radius 3 is 3.07 bits per heavy atom. The molecular formula is C12H16BrNO. The normalized spacial score (nSPS) is 20.8.